The van der Waals surface area contributed by atoms with Gasteiger partial charge in [0.05, 0.1) is 22.3 Å². The summed E-state index contributed by atoms with van der Waals surface area (Å²) in [6.45, 7) is 3.38. The molecule has 0 radical (unpaired) electrons. The van der Waals surface area contributed by atoms with Crippen LogP contribution in [0, 0.1) is 11.8 Å². The second-order valence-electron chi connectivity index (χ2n) is 5.45. The minimum Gasteiger partial charge on any atom is -0.481 e. The molecule has 2 rings (SSSR count). The van der Waals surface area contributed by atoms with Gasteiger partial charge in [-0.2, -0.15) is 5.10 Å². The molecule has 0 bridgehead atoms. The van der Waals surface area contributed by atoms with Crippen molar-refractivity contribution >= 4 is 17.6 Å². The summed E-state index contributed by atoms with van der Waals surface area (Å²) in [6, 6.07) is 0. The molecule has 2 N–H and O–H groups in total. The molecule has 1 aromatic heterocycles. The number of aromatic nitrogens is 2. The number of halogens is 1. The van der Waals surface area contributed by atoms with Crippen molar-refractivity contribution in [2.75, 3.05) is 6.54 Å². The first-order chi connectivity index (χ1) is 9.54. The summed E-state index contributed by atoms with van der Waals surface area (Å²) >= 11 is 6.29. The Balaban J connectivity index is 1.90. The van der Waals surface area contributed by atoms with Gasteiger partial charge in [0.1, 0.15) is 0 Å². The first-order valence-electron chi connectivity index (χ1n) is 7.18. The Labute approximate surface area is 124 Å². The Morgan fingerprint density at radius 2 is 2.30 bits per heavy atom. The van der Waals surface area contributed by atoms with Crippen LogP contribution in [0.5, 0.6) is 0 Å². The van der Waals surface area contributed by atoms with Gasteiger partial charge in [0.15, 0.2) is 0 Å². The van der Waals surface area contributed by atoms with Gasteiger partial charge >= 0.3 is 5.97 Å². The second kappa shape index (κ2) is 6.59. The molecular formula is C14H22ClN3O2. The SMILES string of the molecule is CCc1nn(C)c(CNCC2CCCC2C(=O)O)c1Cl. The van der Waals surface area contributed by atoms with E-state index < -0.39 is 5.97 Å². The molecular weight excluding hydrogens is 278 g/mol. The smallest absolute Gasteiger partial charge is 0.306 e. The molecule has 2 unspecified atom stereocenters. The summed E-state index contributed by atoms with van der Waals surface area (Å²) in [5.74, 6) is -0.637. The number of aliphatic carboxylic acids is 1. The zero-order chi connectivity index (χ0) is 14.7. The van der Waals surface area contributed by atoms with Crippen LogP contribution in [0.3, 0.4) is 0 Å². The summed E-state index contributed by atoms with van der Waals surface area (Å²) in [6.07, 6.45) is 3.61. The van der Waals surface area contributed by atoms with E-state index in [1.807, 2.05) is 14.0 Å². The summed E-state index contributed by atoms with van der Waals surface area (Å²) in [5, 5.41) is 17.6. The Bertz CT molecular complexity index is 487. The number of hydrogen-bond acceptors (Lipinski definition) is 3. The lowest BCUT2D eigenvalue weighted by Crippen LogP contribution is -2.29. The van der Waals surface area contributed by atoms with Crippen molar-refractivity contribution in [1.29, 1.82) is 0 Å². The highest BCUT2D eigenvalue weighted by atomic mass is 35.5. The summed E-state index contributed by atoms with van der Waals surface area (Å²) in [5.41, 5.74) is 1.88. The molecule has 0 saturated heterocycles. The van der Waals surface area contributed by atoms with E-state index in [2.05, 4.69) is 10.4 Å². The zero-order valence-corrected chi connectivity index (χ0v) is 12.8. The quantitative estimate of drug-likeness (QED) is 0.845. The summed E-state index contributed by atoms with van der Waals surface area (Å²) in [4.78, 5) is 11.1. The fraction of sp³-hybridized carbons (Fsp3) is 0.714. The lowest BCUT2D eigenvalue weighted by Gasteiger charge is -2.16. The average Bonchev–Trinajstić information content (AvgIpc) is 2.97. The predicted molar refractivity (Wildman–Crippen MR) is 77.8 cm³/mol. The van der Waals surface area contributed by atoms with E-state index in [1.54, 1.807) is 4.68 Å². The average molecular weight is 300 g/mol. The van der Waals surface area contributed by atoms with Gasteiger partial charge < -0.3 is 10.4 Å². The van der Waals surface area contributed by atoms with Crippen LogP contribution in [-0.4, -0.2) is 27.4 Å². The van der Waals surface area contributed by atoms with Gasteiger partial charge in [-0.05, 0) is 31.7 Å². The molecule has 20 heavy (non-hydrogen) atoms. The van der Waals surface area contributed by atoms with Crippen molar-refractivity contribution in [3.05, 3.63) is 16.4 Å². The van der Waals surface area contributed by atoms with Gasteiger partial charge in [-0.15, -0.1) is 0 Å². The van der Waals surface area contributed by atoms with Crippen LogP contribution in [0.2, 0.25) is 5.02 Å². The molecule has 0 amide bonds. The van der Waals surface area contributed by atoms with Crippen molar-refractivity contribution in [1.82, 2.24) is 15.1 Å². The molecule has 5 nitrogen and oxygen atoms in total. The van der Waals surface area contributed by atoms with Gasteiger partial charge in [-0.25, -0.2) is 0 Å². The Morgan fingerprint density at radius 1 is 1.55 bits per heavy atom. The molecule has 1 fully saturated rings. The molecule has 1 aliphatic rings. The molecule has 0 aromatic carbocycles. The molecule has 0 spiro atoms. The van der Waals surface area contributed by atoms with Gasteiger partial charge in [0.25, 0.3) is 0 Å². The number of nitrogens with one attached hydrogen (secondary N) is 1. The Morgan fingerprint density at radius 3 is 2.90 bits per heavy atom. The van der Waals surface area contributed by atoms with E-state index in [0.717, 1.165) is 48.6 Å². The van der Waals surface area contributed by atoms with E-state index in [1.165, 1.54) is 0 Å². The fourth-order valence-electron chi connectivity index (χ4n) is 2.99. The third kappa shape index (κ3) is 3.15. The van der Waals surface area contributed by atoms with Crippen molar-refractivity contribution in [2.45, 2.75) is 39.2 Å². The highest BCUT2D eigenvalue weighted by Gasteiger charge is 2.32. The molecule has 1 saturated carbocycles. The van der Waals surface area contributed by atoms with E-state index in [9.17, 15) is 4.79 Å². The van der Waals surface area contributed by atoms with E-state index in [-0.39, 0.29) is 11.8 Å². The maximum atomic E-state index is 11.1. The molecule has 0 aliphatic heterocycles. The first-order valence-corrected chi connectivity index (χ1v) is 7.56. The largest absolute Gasteiger partial charge is 0.481 e. The van der Waals surface area contributed by atoms with Crippen molar-refractivity contribution in [3.8, 4) is 0 Å². The number of nitrogens with zero attached hydrogens (tertiary/aromatic N) is 2. The maximum Gasteiger partial charge on any atom is 0.306 e. The van der Waals surface area contributed by atoms with Crippen LogP contribution in [0.25, 0.3) is 0 Å². The van der Waals surface area contributed by atoms with Gasteiger partial charge in [-0.1, -0.05) is 24.9 Å². The highest BCUT2D eigenvalue weighted by Crippen LogP contribution is 2.31. The first kappa shape index (κ1) is 15.3. The van der Waals surface area contributed by atoms with Crippen molar-refractivity contribution < 1.29 is 9.90 Å². The molecule has 6 heteroatoms. The minimum absolute atomic E-state index is 0.198. The lowest BCUT2D eigenvalue weighted by atomic mass is 9.96. The highest BCUT2D eigenvalue weighted by molar-refractivity contribution is 6.31. The lowest BCUT2D eigenvalue weighted by molar-refractivity contribution is -0.142. The Hall–Kier alpha value is -1.07. The van der Waals surface area contributed by atoms with Crippen molar-refractivity contribution in [2.24, 2.45) is 18.9 Å². The van der Waals surface area contributed by atoms with Crippen LogP contribution in [0.4, 0.5) is 0 Å². The number of carboxylic acid groups (broad SMARTS) is 1. The molecule has 1 aromatic rings. The summed E-state index contributed by atoms with van der Waals surface area (Å²) in [7, 11) is 1.89. The maximum absolute atomic E-state index is 11.1. The number of rotatable bonds is 6. The van der Waals surface area contributed by atoms with Crippen LogP contribution >= 0.6 is 11.6 Å². The van der Waals surface area contributed by atoms with E-state index in [4.69, 9.17) is 16.7 Å². The van der Waals surface area contributed by atoms with E-state index >= 15 is 0 Å². The topological polar surface area (TPSA) is 67.2 Å². The zero-order valence-electron chi connectivity index (χ0n) is 12.0. The second-order valence-corrected chi connectivity index (χ2v) is 5.83. The predicted octanol–water partition coefficient (Wildman–Crippen LogP) is 2.23. The summed E-state index contributed by atoms with van der Waals surface area (Å²) < 4.78 is 1.80. The molecule has 1 aliphatic carbocycles. The third-order valence-corrected chi connectivity index (χ3v) is 4.61. The van der Waals surface area contributed by atoms with Crippen LogP contribution in [-0.2, 0) is 24.8 Å². The van der Waals surface area contributed by atoms with E-state index in [0.29, 0.717) is 6.54 Å². The minimum atomic E-state index is -0.666. The fourth-order valence-corrected chi connectivity index (χ4v) is 3.35. The van der Waals surface area contributed by atoms with Crippen LogP contribution in [0.1, 0.15) is 37.6 Å². The van der Waals surface area contributed by atoms with Crippen LogP contribution in [0.15, 0.2) is 0 Å². The number of aryl methyl sites for hydroxylation is 2. The van der Waals surface area contributed by atoms with Gasteiger partial charge in [-0.3, -0.25) is 9.48 Å². The third-order valence-electron chi connectivity index (χ3n) is 4.18. The number of carbonyl (C=O) groups is 1. The monoisotopic (exact) mass is 299 g/mol. The Kier molecular flexibility index (Phi) is 5.05. The normalized spacial score (nSPS) is 22.4. The van der Waals surface area contributed by atoms with Gasteiger partial charge in [0, 0.05) is 13.6 Å². The molecule has 112 valence electrons. The van der Waals surface area contributed by atoms with Crippen LogP contribution < -0.4 is 5.32 Å². The van der Waals surface area contributed by atoms with Crippen molar-refractivity contribution in [3.63, 3.8) is 0 Å². The number of hydrogen-bond donors (Lipinski definition) is 2. The van der Waals surface area contributed by atoms with Gasteiger partial charge in [0.2, 0.25) is 0 Å². The number of carboxylic acids is 1. The molecule has 1 heterocycles. The standard InChI is InChI=1S/C14H22ClN3O2/c1-3-11-13(15)12(18(2)17-11)8-16-7-9-5-4-6-10(9)14(19)20/h9-10,16H,3-8H2,1-2H3,(H,19,20). The molecule has 2 atom stereocenters.